The highest BCUT2D eigenvalue weighted by molar-refractivity contribution is 7.98. The summed E-state index contributed by atoms with van der Waals surface area (Å²) in [6, 6.07) is 8.35. The average molecular weight is 381 g/mol. The minimum absolute atomic E-state index is 0.0646. The summed E-state index contributed by atoms with van der Waals surface area (Å²) >= 11 is 1.84. The lowest BCUT2D eigenvalue weighted by molar-refractivity contribution is 0.0860. The van der Waals surface area contributed by atoms with E-state index in [1.54, 1.807) is 12.4 Å². The second kappa shape index (κ2) is 7.09. The van der Waals surface area contributed by atoms with Gasteiger partial charge in [0.05, 0.1) is 17.5 Å². The largest absolute Gasteiger partial charge is 0.344 e. The monoisotopic (exact) mass is 380 g/mol. The van der Waals surface area contributed by atoms with Crippen molar-refractivity contribution in [1.29, 1.82) is 0 Å². The van der Waals surface area contributed by atoms with Gasteiger partial charge in [0.1, 0.15) is 5.52 Å². The number of H-pyrrole nitrogens is 1. The van der Waals surface area contributed by atoms with E-state index in [1.807, 2.05) is 32.7 Å². The molecule has 0 aliphatic heterocycles. The average Bonchev–Trinajstić information content (AvgIpc) is 3.38. The van der Waals surface area contributed by atoms with E-state index < -0.39 is 5.41 Å². The molecule has 1 aromatic carbocycles. The number of rotatable bonds is 6. The van der Waals surface area contributed by atoms with Crippen LogP contribution in [0.4, 0.5) is 0 Å². The number of fused-ring (bicyclic) bond motifs is 1. The SMILES string of the molecule is CC(C)(C)C(=O)c1c[nH]c2ncc(-c3ccc(CNSC4CC4)cc3)nc12. The Morgan fingerprint density at radius 3 is 2.67 bits per heavy atom. The summed E-state index contributed by atoms with van der Waals surface area (Å²) in [7, 11) is 0. The molecule has 0 radical (unpaired) electrons. The lowest BCUT2D eigenvalue weighted by Crippen LogP contribution is -2.20. The van der Waals surface area contributed by atoms with Crippen LogP contribution in [-0.4, -0.2) is 26.0 Å². The number of benzene rings is 1. The van der Waals surface area contributed by atoms with E-state index in [-0.39, 0.29) is 5.78 Å². The smallest absolute Gasteiger partial charge is 0.171 e. The van der Waals surface area contributed by atoms with Crippen molar-refractivity contribution in [3.8, 4) is 11.3 Å². The number of hydrogen-bond donors (Lipinski definition) is 2. The first-order chi connectivity index (χ1) is 12.9. The summed E-state index contributed by atoms with van der Waals surface area (Å²) in [5, 5.41) is 0.803. The molecule has 3 aromatic rings. The fourth-order valence-corrected chi connectivity index (χ4v) is 3.69. The number of carbonyl (C=O) groups excluding carboxylic acids is 1. The Morgan fingerprint density at radius 1 is 1.26 bits per heavy atom. The maximum Gasteiger partial charge on any atom is 0.171 e. The third-order valence-corrected chi connectivity index (χ3v) is 5.72. The highest BCUT2D eigenvalue weighted by atomic mass is 32.2. The van der Waals surface area contributed by atoms with Crippen LogP contribution in [-0.2, 0) is 6.54 Å². The van der Waals surface area contributed by atoms with Gasteiger partial charge in [0.25, 0.3) is 0 Å². The summed E-state index contributed by atoms with van der Waals surface area (Å²) in [6.45, 7) is 6.60. The molecule has 1 aliphatic carbocycles. The van der Waals surface area contributed by atoms with Gasteiger partial charge in [0.15, 0.2) is 11.4 Å². The van der Waals surface area contributed by atoms with E-state index in [2.05, 4.69) is 39.0 Å². The highest BCUT2D eigenvalue weighted by Crippen LogP contribution is 2.32. The van der Waals surface area contributed by atoms with Crippen molar-refractivity contribution in [1.82, 2.24) is 19.7 Å². The minimum Gasteiger partial charge on any atom is -0.344 e. The van der Waals surface area contributed by atoms with Gasteiger partial charge in [0.2, 0.25) is 0 Å². The maximum absolute atomic E-state index is 12.7. The van der Waals surface area contributed by atoms with Crippen molar-refractivity contribution in [3.63, 3.8) is 0 Å². The molecule has 27 heavy (non-hydrogen) atoms. The molecule has 5 nitrogen and oxygen atoms in total. The Hall–Kier alpha value is -2.18. The second-order valence-electron chi connectivity index (χ2n) is 8.07. The fraction of sp³-hybridized carbons (Fsp3) is 0.381. The van der Waals surface area contributed by atoms with Gasteiger partial charge in [-0.25, -0.2) is 9.97 Å². The zero-order chi connectivity index (χ0) is 19.0. The van der Waals surface area contributed by atoms with Crippen LogP contribution in [0.3, 0.4) is 0 Å². The highest BCUT2D eigenvalue weighted by Gasteiger charge is 2.26. The van der Waals surface area contributed by atoms with Crippen molar-refractivity contribution in [2.75, 3.05) is 0 Å². The molecule has 4 rings (SSSR count). The number of Topliss-reactive ketones (excluding diaryl/α,β-unsaturated/α-hetero) is 1. The quantitative estimate of drug-likeness (QED) is 0.477. The third-order valence-electron chi connectivity index (χ3n) is 4.61. The first kappa shape index (κ1) is 18.2. The molecule has 0 bridgehead atoms. The zero-order valence-electron chi connectivity index (χ0n) is 15.9. The summed E-state index contributed by atoms with van der Waals surface area (Å²) in [5.41, 5.74) is 4.44. The van der Waals surface area contributed by atoms with Gasteiger partial charge in [0, 0.05) is 29.0 Å². The van der Waals surface area contributed by atoms with Crippen molar-refractivity contribution in [3.05, 3.63) is 47.8 Å². The molecule has 1 saturated carbocycles. The Morgan fingerprint density at radius 2 is 2.00 bits per heavy atom. The first-order valence-corrected chi connectivity index (χ1v) is 10.2. The summed E-state index contributed by atoms with van der Waals surface area (Å²) < 4.78 is 3.42. The lowest BCUT2D eigenvalue weighted by Gasteiger charge is -2.15. The van der Waals surface area contributed by atoms with Crippen molar-refractivity contribution in [2.45, 2.75) is 45.4 Å². The van der Waals surface area contributed by atoms with E-state index >= 15 is 0 Å². The van der Waals surface area contributed by atoms with Crippen molar-refractivity contribution < 1.29 is 4.79 Å². The van der Waals surface area contributed by atoms with Crippen LogP contribution in [0.25, 0.3) is 22.4 Å². The molecule has 0 spiro atoms. The normalized spacial score (nSPS) is 14.6. The molecule has 1 fully saturated rings. The van der Waals surface area contributed by atoms with Gasteiger partial charge in [-0.1, -0.05) is 57.0 Å². The van der Waals surface area contributed by atoms with Gasteiger partial charge < -0.3 is 4.98 Å². The Labute approximate surface area is 163 Å². The van der Waals surface area contributed by atoms with E-state index in [4.69, 9.17) is 4.98 Å². The van der Waals surface area contributed by atoms with E-state index in [1.165, 1.54) is 18.4 Å². The molecule has 2 N–H and O–H groups in total. The van der Waals surface area contributed by atoms with Crippen LogP contribution in [0.2, 0.25) is 0 Å². The van der Waals surface area contributed by atoms with Gasteiger partial charge in [-0.05, 0) is 18.4 Å². The van der Waals surface area contributed by atoms with E-state index in [0.29, 0.717) is 16.7 Å². The van der Waals surface area contributed by atoms with Crippen LogP contribution < -0.4 is 4.72 Å². The van der Waals surface area contributed by atoms with Gasteiger partial charge in [-0.3, -0.25) is 9.52 Å². The van der Waals surface area contributed by atoms with E-state index in [9.17, 15) is 4.79 Å². The fourth-order valence-electron chi connectivity index (χ4n) is 2.83. The summed E-state index contributed by atoms with van der Waals surface area (Å²) in [5.74, 6) is 0.0646. The molecular weight excluding hydrogens is 356 g/mol. The Kier molecular flexibility index (Phi) is 4.78. The molecule has 0 amide bonds. The summed E-state index contributed by atoms with van der Waals surface area (Å²) in [4.78, 5) is 24.9. The maximum atomic E-state index is 12.7. The summed E-state index contributed by atoms with van der Waals surface area (Å²) in [6.07, 6.45) is 6.13. The molecular formula is C21H24N4OS. The molecule has 1 aliphatic rings. The minimum atomic E-state index is -0.458. The zero-order valence-corrected chi connectivity index (χ0v) is 16.7. The Bertz CT molecular complexity index is 968. The van der Waals surface area contributed by atoms with E-state index in [0.717, 1.165) is 23.1 Å². The molecule has 0 unspecified atom stereocenters. The lowest BCUT2D eigenvalue weighted by atomic mass is 9.87. The molecule has 2 aromatic heterocycles. The molecule has 140 valence electrons. The number of nitrogens with one attached hydrogen (secondary N) is 2. The van der Waals surface area contributed by atoms with Crippen LogP contribution in [0, 0.1) is 5.41 Å². The topological polar surface area (TPSA) is 70.7 Å². The number of carbonyl (C=O) groups is 1. The molecule has 6 heteroatoms. The number of hydrogen-bond acceptors (Lipinski definition) is 5. The number of aromatic amines is 1. The number of aromatic nitrogens is 3. The van der Waals surface area contributed by atoms with Gasteiger partial charge in [-0.2, -0.15) is 0 Å². The van der Waals surface area contributed by atoms with Crippen LogP contribution in [0.5, 0.6) is 0 Å². The van der Waals surface area contributed by atoms with Crippen molar-refractivity contribution >= 4 is 28.9 Å². The predicted molar refractivity (Wildman–Crippen MR) is 111 cm³/mol. The van der Waals surface area contributed by atoms with Gasteiger partial charge >= 0.3 is 0 Å². The molecule has 0 saturated heterocycles. The first-order valence-electron chi connectivity index (χ1n) is 9.28. The number of nitrogens with zero attached hydrogens (tertiary/aromatic N) is 2. The Balaban J connectivity index is 1.56. The number of ketones is 1. The predicted octanol–water partition coefficient (Wildman–Crippen LogP) is 4.75. The second-order valence-corrected chi connectivity index (χ2v) is 9.26. The van der Waals surface area contributed by atoms with Crippen LogP contribution in [0.1, 0.15) is 49.5 Å². The van der Waals surface area contributed by atoms with Crippen molar-refractivity contribution in [2.24, 2.45) is 5.41 Å². The third kappa shape index (κ3) is 4.06. The molecule has 2 heterocycles. The van der Waals surface area contributed by atoms with Crippen LogP contribution in [0.15, 0.2) is 36.7 Å². The van der Waals surface area contributed by atoms with Gasteiger partial charge in [-0.15, -0.1) is 0 Å². The molecule has 0 atom stereocenters. The van der Waals surface area contributed by atoms with Crippen LogP contribution >= 0.6 is 11.9 Å². The standard InChI is InChI=1S/C21H24N4OS/c1-21(2,3)19(26)16-11-22-20-18(16)25-17(12-23-20)14-6-4-13(5-7-14)10-24-27-15-8-9-15/h4-7,11-12,15,24H,8-10H2,1-3H3,(H,22,23).